The number of anilines is 1. The molecule has 2 aromatic heterocycles. The van der Waals surface area contributed by atoms with Gasteiger partial charge in [-0.2, -0.15) is 0 Å². The molecule has 0 radical (unpaired) electrons. The highest BCUT2D eigenvalue weighted by Crippen LogP contribution is 2.36. The molecule has 0 bridgehead atoms. The van der Waals surface area contributed by atoms with Crippen molar-refractivity contribution in [3.05, 3.63) is 46.9 Å². The normalized spacial score (nSPS) is 11.4. The maximum Gasteiger partial charge on any atom is 0.341 e. The second-order valence-corrected chi connectivity index (χ2v) is 8.42. The molecule has 1 N–H and O–H groups in total. The number of amides is 1. The summed E-state index contributed by atoms with van der Waals surface area (Å²) in [5, 5.41) is 16.4. The van der Waals surface area contributed by atoms with Crippen molar-refractivity contribution in [1.82, 2.24) is 20.2 Å². The highest BCUT2D eigenvalue weighted by Gasteiger charge is 2.25. The number of hydrogen-bond acceptors (Lipinski definition) is 7. The predicted octanol–water partition coefficient (Wildman–Crippen LogP) is 3.65. The fraction of sp³-hybridized carbons (Fsp3) is 0.350. The summed E-state index contributed by atoms with van der Waals surface area (Å²) in [4.78, 5) is 25.3. The Morgan fingerprint density at radius 3 is 2.57 bits per heavy atom. The van der Waals surface area contributed by atoms with Gasteiger partial charge in [0.25, 0.3) is 0 Å². The van der Waals surface area contributed by atoms with Crippen LogP contribution in [0.2, 0.25) is 0 Å². The Bertz CT molecular complexity index is 1050. The van der Waals surface area contributed by atoms with Crippen molar-refractivity contribution in [3.63, 3.8) is 0 Å². The van der Waals surface area contributed by atoms with Gasteiger partial charge < -0.3 is 10.1 Å². The van der Waals surface area contributed by atoms with Crippen LogP contribution >= 0.6 is 11.3 Å². The lowest BCUT2D eigenvalue weighted by molar-refractivity contribution is -0.117. The SMILES string of the molecule is CCOC(=O)c1c(-c2ccc(F)cc2)csc1NC(=O)Cn1nnnc1C(C)(C)C. The Morgan fingerprint density at radius 2 is 1.93 bits per heavy atom. The first kappa shape index (κ1) is 21.6. The number of carbonyl (C=O) groups excluding carboxylic acids is 2. The fourth-order valence-electron chi connectivity index (χ4n) is 2.85. The average Bonchev–Trinajstić information content (AvgIpc) is 3.29. The molecule has 0 unspecified atom stereocenters. The highest BCUT2D eigenvalue weighted by atomic mass is 32.1. The van der Waals surface area contributed by atoms with Crippen molar-refractivity contribution in [2.24, 2.45) is 0 Å². The van der Waals surface area contributed by atoms with Gasteiger partial charge in [-0.05, 0) is 35.0 Å². The van der Waals surface area contributed by atoms with Gasteiger partial charge in [-0.3, -0.25) is 4.79 Å². The minimum atomic E-state index is -0.564. The van der Waals surface area contributed by atoms with Crippen molar-refractivity contribution >= 4 is 28.2 Å². The molecule has 1 amide bonds. The molecule has 2 heterocycles. The summed E-state index contributed by atoms with van der Waals surface area (Å²) in [5.41, 5.74) is 1.10. The van der Waals surface area contributed by atoms with Crippen molar-refractivity contribution in [2.45, 2.75) is 39.7 Å². The summed E-state index contributed by atoms with van der Waals surface area (Å²) < 4.78 is 19.9. The molecule has 158 valence electrons. The van der Waals surface area contributed by atoms with Crippen LogP contribution in [0.25, 0.3) is 11.1 Å². The van der Waals surface area contributed by atoms with Crippen molar-refractivity contribution < 1.29 is 18.7 Å². The van der Waals surface area contributed by atoms with Gasteiger partial charge in [-0.1, -0.05) is 32.9 Å². The first-order valence-electron chi connectivity index (χ1n) is 9.31. The van der Waals surface area contributed by atoms with Crippen LogP contribution in [-0.2, 0) is 21.5 Å². The number of thiophene rings is 1. The van der Waals surface area contributed by atoms with Crippen molar-refractivity contribution in [3.8, 4) is 11.1 Å². The van der Waals surface area contributed by atoms with E-state index in [1.807, 2.05) is 20.8 Å². The van der Waals surface area contributed by atoms with Gasteiger partial charge in [0, 0.05) is 16.4 Å². The molecular weight excluding hydrogens is 409 g/mol. The number of nitrogens with zero attached hydrogens (tertiary/aromatic N) is 4. The first-order valence-corrected chi connectivity index (χ1v) is 10.2. The van der Waals surface area contributed by atoms with E-state index in [9.17, 15) is 14.0 Å². The lowest BCUT2D eigenvalue weighted by Crippen LogP contribution is -2.26. The zero-order valence-electron chi connectivity index (χ0n) is 17.1. The molecule has 8 nitrogen and oxygen atoms in total. The zero-order valence-corrected chi connectivity index (χ0v) is 17.9. The third kappa shape index (κ3) is 4.70. The van der Waals surface area contributed by atoms with E-state index in [-0.39, 0.29) is 35.9 Å². The molecule has 0 saturated heterocycles. The Balaban J connectivity index is 1.88. The first-order chi connectivity index (χ1) is 14.2. The summed E-state index contributed by atoms with van der Waals surface area (Å²) in [6.45, 7) is 7.61. The monoisotopic (exact) mass is 431 g/mol. The summed E-state index contributed by atoms with van der Waals surface area (Å²) in [6.07, 6.45) is 0. The molecule has 0 aliphatic heterocycles. The highest BCUT2D eigenvalue weighted by molar-refractivity contribution is 7.15. The Hall–Kier alpha value is -3.14. The second-order valence-electron chi connectivity index (χ2n) is 7.54. The molecule has 0 aliphatic rings. The standard InChI is InChI=1S/C20H22FN5O3S/c1-5-29-18(28)16-14(12-6-8-13(21)9-7-12)11-30-17(16)22-15(27)10-26-19(20(2,3)4)23-24-25-26/h6-9,11H,5,10H2,1-4H3,(H,22,27). The van der Waals surface area contributed by atoms with Crippen LogP contribution in [0, 0.1) is 5.82 Å². The number of benzene rings is 1. The van der Waals surface area contributed by atoms with Gasteiger partial charge in [0.05, 0.1) is 6.61 Å². The van der Waals surface area contributed by atoms with E-state index in [0.29, 0.717) is 22.0 Å². The van der Waals surface area contributed by atoms with E-state index in [1.165, 1.54) is 28.2 Å². The van der Waals surface area contributed by atoms with E-state index in [4.69, 9.17) is 4.74 Å². The maximum atomic E-state index is 13.3. The van der Waals surface area contributed by atoms with E-state index in [2.05, 4.69) is 20.8 Å². The van der Waals surface area contributed by atoms with E-state index in [0.717, 1.165) is 0 Å². The fourth-order valence-corrected chi connectivity index (χ4v) is 3.82. The molecule has 1 aromatic carbocycles. The third-order valence-corrected chi connectivity index (χ3v) is 5.07. The van der Waals surface area contributed by atoms with E-state index in [1.54, 1.807) is 24.4 Å². The third-order valence-electron chi connectivity index (χ3n) is 4.17. The minimum Gasteiger partial charge on any atom is -0.462 e. The Kier molecular flexibility index (Phi) is 6.25. The molecule has 0 fully saturated rings. The van der Waals surface area contributed by atoms with Crippen LogP contribution in [0.1, 0.15) is 43.9 Å². The van der Waals surface area contributed by atoms with Crippen LogP contribution in [0.4, 0.5) is 9.39 Å². The summed E-state index contributed by atoms with van der Waals surface area (Å²) in [5.74, 6) is -0.755. The van der Waals surface area contributed by atoms with Crippen LogP contribution in [0.15, 0.2) is 29.6 Å². The number of esters is 1. The van der Waals surface area contributed by atoms with Crippen LogP contribution < -0.4 is 5.32 Å². The molecule has 0 spiro atoms. The zero-order chi connectivity index (χ0) is 21.9. The second kappa shape index (κ2) is 8.70. The van der Waals surface area contributed by atoms with Crippen LogP contribution in [-0.4, -0.2) is 38.7 Å². The largest absolute Gasteiger partial charge is 0.462 e. The predicted molar refractivity (Wildman–Crippen MR) is 111 cm³/mol. The van der Waals surface area contributed by atoms with Gasteiger partial charge in [0.2, 0.25) is 5.91 Å². The minimum absolute atomic E-state index is 0.106. The summed E-state index contributed by atoms with van der Waals surface area (Å²) in [6, 6.07) is 5.77. The smallest absolute Gasteiger partial charge is 0.341 e. The summed E-state index contributed by atoms with van der Waals surface area (Å²) in [7, 11) is 0. The number of halogens is 1. The quantitative estimate of drug-likeness (QED) is 0.598. The number of rotatable bonds is 6. The summed E-state index contributed by atoms with van der Waals surface area (Å²) >= 11 is 1.19. The molecule has 30 heavy (non-hydrogen) atoms. The molecule has 10 heteroatoms. The van der Waals surface area contributed by atoms with Crippen molar-refractivity contribution in [1.29, 1.82) is 0 Å². The number of nitrogens with one attached hydrogen (secondary N) is 1. The van der Waals surface area contributed by atoms with Crippen LogP contribution in [0.3, 0.4) is 0 Å². The van der Waals surface area contributed by atoms with Crippen LogP contribution in [0.5, 0.6) is 0 Å². The molecule has 0 aliphatic carbocycles. The Labute approximate surface area is 177 Å². The molecule has 0 saturated carbocycles. The topological polar surface area (TPSA) is 99.0 Å². The molecular formula is C20H22FN5O3S. The van der Waals surface area contributed by atoms with Gasteiger partial charge in [-0.15, -0.1) is 16.4 Å². The molecule has 0 atom stereocenters. The maximum absolute atomic E-state index is 13.3. The van der Waals surface area contributed by atoms with Gasteiger partial charge >= 0.3 is 5.97 Å². The lowest BCUT2D eigenvalue weighted by atomic mass is 9.96. The number of tetrazole rings is 1. The van der Waals surface area contributed by atoms with Gasteiger partial charge in [0.1, 0.15) is 22.9 Å². The average molecular weight is 431 g/mol. The van der Waals surface area contributed by atoms with Gasteiger partial charge in [-0.25, -0.2) is 13.9 Å². The number of aromatic nitrogens is 4. The Morgan fingerprint density at radius 1 is 1.23 bits per heavy atom. The molecule has 3 rings (SSSR count). The van der Waals surface area contributed by atoms with Crippen molar-refractivity contribution in [2.75, 3.05) is 11.9 Å². The number of ether oxygens (including phenoxy) is 1. The number of hydrogen-bond donors (Lipinski definition) is 1. The van der Waals surface area contributed by atoms with E-state index < -0.39 is 5.97 Å². The lowest BCUT2D eigenvalue weighted by Gasteiger charge is -2.16. The number of carbonyl (C=O) groups is 2. The molecule has 3 aromatic rings. The van der Waals surface area contributed by atoms with Gasteiger partial charge in [0.15, 0.2) is 5.82 Å². The van der Waals surface area contributed by atoms with E-state index >= 15 is 0 Å².